The van der Waals surface area contributed by atoms with Crippen molar-refractivity contribution in [2.75, 3.05) is 14.1 Å². The van der Waals surface area contributed by atoms with Crippen LogP contribution in [-0.4, -0.2) is 78.4 Å². The number of Topliss-reactive ketones (excluding diaryl/α,β-unsaturated/α-hetero) is 2. The molecule has 1 aromatic heterocycles. The normalized spacial score (nSPS) is 13.7. The topological polar surface area (TPSA) is 218 Å². The summed E-state index contributed by atoms with van der Waals surface area (Å²) in [7, 11) is 3.11. The molecule has 0 spiro atoms. The molecule has 0 aliphatic heterocycles. The maximum Gasteiger partial charge on any atom is 0.238 e. The van der Waals surface area contributed by atoms with Crippen LogP contribution in [0.5, 0.6) is 0 Å². The van der Waals surface area contributed by atoms with Crippen molar-refractivity contribution in [1.29, 1.82) is 0 Å². The Hall–Kier alpha value is -4.10. The zero-order valence-corrected chi connectivity index (χ0v) is 22.9. The number of hydrogen-bond donors (Lipinski definition) is 7. The van der Waals surface area contributed by atoms with Crippen molar-refractivity contribution in [3.8, 4) is 0 Å². The van der Waals surface area contributed by atoms with Crippen molar-refractivity contribution in [3.05, 3.63) is 36.0 Å². The van der Waals surface area contributed by atoms with E-state index in [9.17, 15) is 28.8 Å². The number of carbonyl (C=O) groups is 6. The van der Waals surface area contributed by atoms with Gasteiger partial charge in [-0.1, -0.05) is 18.2 Å². The van der Waals surface area contributed by atoms with Gasteiger partial charge >= 0.3 is 0 Å². The van der Waals surface area contributed by atoms with E-state index in [0.717, 1.165) is 16.5 Å². The second-order valence-corrected chi connectivity index (χ2v) is 9.10. The Kier molecular flexibility index (Phi) is 13.5. The predicted octanol–water partition coefficient (Wildman–Crippen LogP) is -1.21. The lowest BCUT2D eigenvalue weighted by molar-refractivity contribution is -0.130. The molecule has 1 aromatic carbocycles. The number of nitrogens with two attached hydrogens (primary N) is 2. The number of amides is 4. The number of rotatable bonds is 14. The predicted molar refractivity (Wildman–Crippen MR) is 146 cm³/mol. The fraction of sp³-hybridized carbons (Fsp3) is 0.462. The summed E-state index contributed by atoms with van der Waals surface area (Å²) in [6.45, 7) is 4.40. The maximum atomic E-state index is 12.3. The number of para-hydroxylation sites is 1. The summed E-state index contributed by atoms with van der Waals surface area (Å²) < 4.78 is 0. The average Bonchev–Trinajstić information content (AvgIpc) is 3.27. The number of fused-ring (bicyclic) bond motifs is 1. The number of benzene rings is 1. The smallest absolute Gasteiger partial charge is 0.238 e. The summed E-state index contributed by atoms with van der Waals surface area (Å²) in [6.07, 6.45) is 2.00. The minimum absolute atomic E-state index is 0.0903. The number of aromatic amines is 1. The van der Waals surface area contributed by atoms with Gasteiger partial charge in [0.15, 0.2) is 11.6 Å². The number of ketones is 2. The maximum absolute atomic E-state index is 12.3. The van der Waals surface area contributed by atoms with Crippen molar-refractivity contribution in [2.45, 2.75) is 64.2 Å². The van der Waals surface area contributed by atoms with Gasteiger partial charge in [-0.2, -0.15) is 0 Å². The third-order valence-electron chi connectivity index (χ3n) is 6.02. The third kappa shape index (κ3) is 11.0. The van der Waals surface area contributed by atoms with Gasteiger partial charge in [0.2, 0.25) is 23.6 Å². The van der Waals surface area contributed by atoms with E-state index in [2.05, 4.69) is 26.3 Å². The Morgan fingerprint density at radius 1 is 0.795 bits per heavy atom. The Morgan fingerprint density at radius 2 is 1.31 bits per heavy atom. The summed E-state index contributed by atoms with van der Waals surface area (Å²) in [6, 6.07) is 5.09. The number of carbonyl (C=O) groups excluding carboxylic acids is 6. The first-order chi connectivity index (χ1) is 18.3. The summed E-state index contributed by atoms with van der Waals surface area (Å²) in [4.78, 5) is 71.4. The molecular weight excluding hydrogens is 506 g/mol. The molecule has 2 rings (SSSR count). The molecule has 0 saturated heterocycles. The minimum atomic E-state index is -0.757. The van der Waals surface area contributed by atoms with Crippen LogP contribution < -0.4 is 32.7 Å². The van der Waals surface area contributed by atoms with Gasteiger partial charge < -0.3 is 37.7 Å². The number of hydrogen-bond acceptors (Lipinski definition) is 8. The highest BCUT2D eigenvalue weighted by Gasteiger charge is 2.25. The number of nitrogens with one attached hydrogen (secondary N) is 5. The molecule has 9 N–H and O–H groups in total. The van der Waals surface area contributed by atoms with E-state index in [-0.39, 0.29) is 24.4 Å². The van der Waals surface area contributed by atoms with Gasteiger partial charge in [0, 0.05) is 23.5 Å². The molecule has 0 saturated carbocycles. The fourth-order valence-corrected chi connectivity index (χ4v) is 3.56. The van der Waals surface area contributed by atoms with Crippen molar-refractivity contribution < 1.29 is 28.8 Å². The van der Waals surface area contributed by atoms with Crippen LogP contribution in [-0.2, 0) is 35.2 Å². The first-order valence-corrected chi connectivity index (χ1v) is 12.4. The van der Waals surface area contributed by atoms with Crippen molar-refractivity contribution in [1.82, 2.24) is 26.3 Å². The minimum Gasteiger partial charge on any atom is -0.370 e. The molecule has 39 heavy (non-hydrogen) atoms. The summed E-state index contributed by atoms with van der Waals surface area (Å²) in [5, 5.41) is 11.6. The van der Waals surface area contributed by atoms with Gasteiger partial charge in [-0.05, 0) is 46.5 Å². The molecule has 0 aliphatic carbocycles. The van der Waals surface area contributed by atoms with Crippen LogP contribution in [0.1, 0.15) is 39.2 Å². The van der Waals surface area contributed by atoms with E-state index >= 15 is 0 Å². The molecule has 0 aliphatic rings. The van der Waals surface area contributed by atoms with E-state index in [1.165, 1.54) is 13.8 Å². The molecule has 0 bridgehead atoms. The third-order valence-corrected chi connectivity index (χ3v) is 6.02. The first kappa shape index (κ1) is 32.9. The van der Waals surface area contributed by atoms with E-state index < -0.39 is 47.8 Å². The number of aromatic nitrogens is 1. The van der Waals surface area contributed by atoms with Gasteiger partial charge in [0.25, 0.3) is 0 Å². The van der Waals surface area contributed by atoms with Crippen LogP contribution in [0.2, 0.25) is 0 Å². The van der Waals surface area contributed by atoms with Crippen LogP contribution in [0.15, 0.2) is 30.5 Å². The van der Waals surface area contributed by atoms with Crippen LogP contribution in [0.3, 0.4) is 0 Å². The molecular formula is C26H39N7O6. The van der Waals surface area contributed by atoms with Crippen LogP contribution >= 0.6 is 0 Å². The molecule has 13 nitrogen and oxygen atoms in total. The van der Waals surface area contributed by atoms with E-state index in [1.807, 2.05) is 30.5 Å². The summed E-state index contributed by atoms with van der Waals surface area (Å²) in [5.74, 6) is -2.27. The lowest BCUT2D eigenvalue weighted by Gasteiger charge is -2.20. The quantitative estimate of drug-likeness (QED) is 0.152. The number of likely N-dealkylation sites (N-methyl/N-ethyl adjacent to an activating group) is 2. The summed E-state index contributed by atoms with van der Waals surface area (Å²) >= 11 is 0. The van der Waals surface area contributed by atoms with E-state index in [4.69, 9.17) is 11.5 Å². The Bertz CT molecular complexity index is 1180. The van der Waals surface area contributed by atoms with Crippen molar-refractivity contribution in [2.24, 2.45) is 11.5 Å². The van der Waals surface area contributed by atoms with Gasteiger partial charge in [-0.15, -0.1) is 0 Å². The number of H-pyrrole nitrogens is 1. The van der Waals surface area contributed by atoms with Crippen LogP contribution in [0, 0.1) is 0 Å². The molecule has 0 radical (unpaired) electrons. The highest BCUT2D eigenvalue weighted by molar-refractivity contribution is 5.93. The Balaban J connectivity index is 0.000000439. The zero-order chi connectivity index (χ0) is 29.7. The molecule has 4 atom stereocenters. The molecule has 1 heterocycles. The number of primary amides is 2. The van der Waals surface area contributed by atoms with Crippen molar-refractivity contribution >= 4 is 46.1 Å². The van der Waals surface area contributed by atoms with Crippen molar-refractivity contribution in [3.63, 3.8) is 0 Å². The molecule has 13 heteroatoms. The zero-order valence-electron chi connectivity index (χ0n) is 22.9. The largest absolute Gasteiger partial charge is 0.370 e. The molecule has 4 amide bonds. The van der Waals surface area contributed by atoms with Gasteiger partial charge in [-0.25, -0.2) is 0 Å². The van der Waals surface area contributed by atoms with Gasteiger partial charge in [-0.3, -0.25) is 28.8 Å². The monoisotopic (exact) mass is 545 g/mol. The molecule has 0 fully saturated rings. The SMILES string of the molecule is CNC(CC(N)=O)C(=O)NC(C)C(C)=O.CNC(CC(N)=O)C(=O)NC(Cc1c[nH]c2ccccc12)C(C)=O. The second-order valence-electron chi connectivity index (χ2n) is 9.10. The standard InChI is InChI=1S/C17H22N4O3.C9H17N3O3/c1-10(22)14(21-17(24)15(19-2)8-16(18)23)7-11-9-20-13-6-4-3-5-12(11)13;1-5(6(2)13)12-9(15)7(11-3)4-8(10)14/h3-6,9,14-15,19-20H,7-8H2,1-2H3,(H2,18,23)(H,21,24);5,7,11H,4H2,1-3H3,(H2,10,14)(H,12,15). The Morgan fingerprint density at radius 3 is 1.77 bits per heavy atom. The lowest BCUT2D eigenvalue weighted by atomic mass is 10.0. The first-order valence-electron chi connectivity index (χ1n) is 12.4. The Labute approximate surface area is 227 Å². The van der Waals surface area contributed by atoms with E-state index in [1.54, 1.807) is 21.0 Å². The molecule has 4 unspecified atom stereocenters. The second kappa shape index (κ2) is 16.0. The van der Waals surface area contributed by atoms with Gasteiger partial charge in [0.05, 0.1) is 37.0 Å². The summed E-state index contributed by atoms with van der Waals surface area (Å²) in [5.41, 5.74) is 12.0. The van der Waals surface area contributed by atoms with Gasteiger partial charge in [0.1, 0.15) is 0 Å². The van der Waals surface area contributed by atoms with Crippen LogP contribution in [0.4, 0.5) is 0 Å². The lowest BCUT2D eigenvalue weighted by Crippen LogP contribution is -2.50. The van der Waals surface area contributed by atoms with E-state index in [0.29, 0.717) is 6.42 Å². The molecule has 2 aromatic rings. The highest BCUT2D eigenvalue weighted by atomic mass is 16.2. The molecule has 214 valence electrons. The fourth-order valence-electron chi connectivity index (χ4n) is 3.56. The van der Waals surface area contributed by atoms with Crippen LogP contribution in [0.25, 0.3) is 10.9 Å². The highest BCUT2D eigenvalue weighted by Crippen LogP contribution is 2.19. The average molecular weight is 546 g/mol.